The number of fused-ring (bicyclic) bond motifs is 2. The number of hydrogen-bond acceptors (Lipinski definition) is 3. The predicted molar refractivity (Wildman–Crippen MR) is 92.5 cm³/mol. The van der Waals surface area contributed by atoms with Gasteiger partial charge in [-0.05, 0) is 33.8 Å². The molecule has 2 aromatic rings. The number of ketones is 2. The van der Waals surface area contributed by atoms with Crippen LogP contribution in [0.4, 0.5) is 5.69 Å². The van der Waals surface area contributed by atoms with Crippen LogP contribution in [0.3, 0.4) is 0 Å². The van der Waals surface area contributed by atoms with Crippen molar-refractivity contribution >= 4 is 17.3 Å². The first-order valence-electron chi connectivity index (χ1n) is 8.03. The summed E-state index contributed by atoms with van der Waals surface area (Å²) in [5.41, 5.74) is 2.91. The largest absolute Gasteiger partial charge is 0.366 e. The van der Waals surface area contributed by atoms with E-state index in [0.29, 0.717) is 22.3 Å². The number of hydrogen-bond donors (Lipinski definition) is 0. The Bertz CT molecular complexity index is 782. The lowest BCUT2D eigenvalue weighted by atomic mass is 9.83. The zero-order valence-corrected chi connectivity index (χ0v) is 14.0. The van der Waals surface area contributed by atoms with Gasteiger partial charge >= 0.3 is 0 Å². The summed E-state index contributed by atoms with van der Waals surface area (Å²) < 4.78 is 0. The smallest absolute Gasteiger partial charge is 0.196 e. The molecule has 1 aliphatic rings. The second kappa shape index (κ2) is 5.65. The zero-order chi connectivity index (χ0) is 16.7. The fraction of sp³-hybridized carbons (Fsp3) is 0.300. The lowest BCUT2D eigenvalue weighted by molar-refractivity contribution is 0.0979. The minimum Gasteiger partial charge on any atom is -0.366 e. The van der Waals surface area contributed by atoms with E-state index in [0.717, 1.165) is 5.69 Å². The van der Waals surface area contributed by atoms with E-state index in [1.54, 1.807) is 30.3 Å². The van der Waals surface area contributed by atoms with Gasteiger partial charge in [-0.15, -0.1) is 0 Å². The fourth-order valence-electron chi connectivity index (χ4n) is 3.49. The molecule has 23 heavy (non-hydrogen) atoms. The van der Waals surface area contributed by atoms with Crippen LogP contribution in [0.2, 0.25) is 0 Å². The van der Waals surface area contributed by atoms with E-state index in [1.165, 1.54) is 0 Å². The van der Waals surface area contributed by atoms with Gasteiger partial charge in [0.2, 0.25) is 0 Å². The Hall–Kier alpha value is -2.42. The Morgan fingerprint density at radius 2 is 1.22 bits per heavy atom. The highest BCUT2D eigenvalue weighted by Gasteiger charge is 2.33. The summed E-state index contributed by atoms with van der Waals surface area (Å²) in [6, 6.07) is 13.1. The second-order valence-corrected chi connectivity index (χ2v) is 6.50. The van der Waals surface area contributed by atoms with Crippen molar-refractivity contribution in [3.63, 3.8) is 0 Å². The molecule has 3 rings (SSSR count). The summed E-state index contributed by atoms with van der Waals surface area (Å²) in [6.07, 6.45) is 0. The number of nitrogens with zero attached hydrogens (tertiary/aromatic N) is 1. The Balaban J connectivity index is 2.26. The van der Waals surface area contributed by atoms with Crippen LogP contribution >= 0.6 is 0 Å². The van der Waals surface area contributed by atoms with Crippen LogP contribution in [0.1, 0.15) is 59.5 Å². The molecule has 0 heterocycles. The average Bonchev–Trinajstić information content (AvgIpc) is 2.52. The van der Waals surface area contributed by atoms with E-state index in [1.807, 2.05) is 12.1 Å². The van der Waals surface area contributed by atoms with Gasteiger partial charge in [-0.3, -0.25) is 9.59 Å². The molecule has 0 bridgehead atoms. The van der Waals surface area contributed by atoms with Gasteiger partial charge < -0.3 is 4.90 Å². The lowest BCUT2D eigenvalue weighted by Gasteiger charge is -2.35. The van der Waals surface area contributed by atoms with Crippen molar-refractivity contribution in [2.45, 2.75) is 39.8 Å². The topological polar surface area (TPSA) is 37.4 Å². The standard InChI is InChI=1S/C20H21NO2/c1-12(2)21(13(3)4)17-11-7-10-16-18(17)20(23)15-9-6-5-8-14(15)19(16)22/h5-13H,1-4H3. The van der Waals surface area contributed by atoms with E-state index >= 15 is 0 Å². The molecule has 0 aromatic heterocycles. The minimum atomic E-state index is -0.0653. The first-order valence-corrected chi connectivity index (χ1v) is 8.03. The molecule has 0 saturated carbocycles. The van der Waals surface area contributed by atoms with Crippen LogP contribution in [-0.4, -0.2) is 23.7 Å². The van der Waals surface area contributed by atoms with Gasteiger partial charge in [0.15, 0.2) is 11.6 Å². The normalized spacial score (nSPS) is 13.3. The van der Waals surface area contributed by atoms with Crippen molar-refractivity contribution in [3.8, 4) is 0 Å². The molecule has 0 amide bonds. The molecule has 0 fully saturated rings. The van der Waals surface area contributed by atoms with Gasteiger partial charge in [-0.25, -0.2) is 0 Å². The zero-order valence-electron chi connectivity index (χ0n) is 14.0. The van der Waals surface area contributed by atoms with Gasteiger partial charge in [-0.2, -0.15) is 0 Å². The third-order valence-electron chi connectivity index (χ3n) is 4.32. The maximum atomic E-state index is 13.0. The molecule has 0 atom stereocenters. The average molecular weight is 307 g/mol. The van der Waals surface area contributed by atoms with Gasteiger partial charge in [0, 0.05) is 34.5 Å². The van der Waals surface area contributed by atoms with Crippen molar-refractivity contribution in [3.05, 3.63) is 64.7 Å². The highest BCUT2D eigenvalue weighted by Crippen LogP contribution is 2.35. The molecule has 0 saturated heterocycles. The van der Waals surface area contributed by atoms with Crippen LogP contribution < -0.4 is 4.90 Å². The van der Waals surface area contributed by atoms with Crippen molar-refractivity contribution in [1.29, 1.82) is 0 Å². The first kappa shape index (κ1) is 15.5. The molecular weight excluding hydrogens is 286 g/mol. The number of carbonyl (C=O) groups excluding carboxylic acids is 2. The Kier molecular flexibility index (Phi) is 3.80. The summed E-state index contributed by atoms with van der Waals surface area (Å²) in [5.74, 6) is -0.124. The minimum absolute atomic E-state index is 0.0582. The number of benzene rings is 2. The van der Waals surface area contributed by atoms with Crippen molar-refractivity contribution in [2.24, 2.45) is 0 Å². The van der Waals surface area contributed by atoms with Gasteiger partial charge in [-0.1, -0.05) is 36.4 Å². The molecule has 0 unspecified atom stereocenters. The van der Waals surface area contributed by atoms with E-state index in [4.69, 9.17) is 0 Å². The fourth-order valence-corrected chi connectivity index (χ4v) is 3.49. The third kappa shape index (κ3) is 2.37. The van der Waals surface area contributed by atoms with Crippen LogP contribution in [0.25, 0.3) is 0 Å². The van der Waals surface area contributed by atoms with Crippen LogP contribution in [0.5, 0.6) is 0 Å². The van der Waals surface area contributed by atoms with Crippen LogP contribution in [-0.2, 0) is 0 Å². The Morgan fingerprint density at radius 1 is 0.696 bits per heavy atom. The molecule has 0 aliphatic heterocycles. The van der Waals surface area contributed by atoms with Crippen LogP contribution in [0, 0.1) is 0 Å². The monoisotopic (exact) mass is 307 g/mol. The van der Waals surface area contributed by atoms with E-state index < -0.39 is 0 Å². The third-order valence-corrected chi connectivity index (χ3v) is 4.32. The predicted octanol–water partition coefficient (Wildman–Crippen LogP) is 4.09. The summed E-state index contributed by atoms with van der Waals surface area (Å²) in [5, 5.41) is 0. The van der Waals surface area contributed by atoms with Crippen molar-refractivity contribution in [2.75, 3.05) is 4.90 Å². The highest BCUT2D eigenvalue weighted by atomic mass is 16.1. The molecule has 118 valence electrons. The Labute approximate surface area is 136 Å². The number of carbonyl (C=O) groups is 2. The maximum Gasteiger partial charge on any atom is 0.196 e. The maximum absolute atomic E-state index is 13.0. The number of rotatable bonds is 3. The molecule has 3 nitrogen and oxygen atoms in total. The quantitative estimate of drug-likeness (QED) is 0.731. The second-order valence-electron chi connectivity index (χ2n) is 6.50. The van der Waals surface area contributed by atoms with Gasteiger partial charge in [0.05, 0.1) is 5.56 Å². The van der Waals surface area contributed by atoms with Crippen molar-refractivity contribution < 1.29 is 9.59 Å². The number of anilines is 1. The van der Waals surface area contributed by atoms with Gasteiger partial charge in [0.1, 0.15) is 0 Å². The molecule has 1 aliphatic carbocycles. The highest BCUT2D eigenvalue weighted by molar-refractivity contribution is 6.30. The SMILES string of the molecule is CC(C)N(c1cccc2c1C(=O)c1ccccc1C2=O)C(C)C. The molecular formula is C20H21NO2. The Morgan fingerprint density at radius 3 is 1.78 bits per heavy atom. The molecule has 3 heteroatoms. The van der Waals surface area contributed by atoms with Crippen LogP contribution in [0.15, 0.2) is 42.5 Å². The van der Waals surface area contributed by atoms with E-state index in [9.17, 15) is 9.59 Å². The summed E-state index contributed by atoms with van der Waals surface area (Å²) in [7, 11) is 0. The van der Waals surface area contributed by atoms with E-state index in [2.05, 4.69) is 32.6 Å². The lowest BCUT2D eigenvalue weighted by Crippen LogP contribution is -2.39. The molecule has 0 N–H and O–H groups in total. The summed E-state index contributed by atoms with van der Waals surface area (Å²) in [4.78, 5) is 28.0. The molecule has 0 radical (unpaired) electrons. The van der Waals surface area contributed by atoms with E-state index in [-0.39, 0.29) is 23.7 Å². The molecule has 0 spiro atoms. The van der Waals surface area contributed by atoms with Crippen molar-refractivity contribution in [1.82, 2.24) is 0 Å². The summed E-state index contributed by atoms with van der Waals surface area (Å²) >= 11 is 0. The van der Waals surface area contributed by atoms with Gasteiger partial charge in [0.25, 0.3) is 0 Å². The summed E-state index contributed by atoms with van der Waals surface area (Å²) in [6.45, 7) is 8.40. The molecule has 2 aromatic carbocycles. The first-order chi connectivity index (χ1) is 10.9.